The highest BCUT2D eigenvalue weighted by molar-refractivity contribution is 5.87. The van der Waals surface area contributed by atoms with Crippen LogP contribution in [-0.2, 0) is 25.7 Å². The van der Waals surface area contributed by atoms with Crippen LogP contribution in [0.1, 0.15) is 57.3 Å². The minimum Gasteiger partial charge on any atom is -0.481 e. The van der Waals surface area contributed by atoms with E-state index in [1.165, 1.54) is 4.90 Å². The van der Waals surface area contributed by atoms with Crippen molar-refractivity contribution in [2.24, 2.45) is 11.1 Å². The van der Waals surface area contributed by atoms with Crippen molar-refractivity contribution in [3.8, 4) is 11.1 Å². The van der Waals surface area contributed by atoms with Gasteiger partial charge < -0.3 is 35.8 Å². The molecular weight excluding hydrogens is 602 g/mol. The van der Waals surface area contributed by atoms with Crippen molar-refractivity contribution >= 4 is 23.8 Å². The second-order valence-corrected chi connectivity index (χ2v) is 12.1. The molecule has 1 heterocycles. The third kappa shape index (κ3) is 9.44. The first-order valence-electron chi connectivity index (χ1n) is 14.7. The van der Waals surface area contributed by atoms with Crippen LogP contribution in [0.3, 0.4) is 0 Å². The fraction of sp³-hybridized carbons (Fsp3) is 0.394. The summed E-state index contributed by atoms with van der Waals surface area (Å²) in [6.07, 6.45) is 0.697. The smallest absolute Gasteiger partial charge is 0.326 e. The van der Waals surface area contributed by atoms with E-state index in [4.69, 9.17) is 10.8 Å². The minimum absolute atomic E-state index is 0.0235. The second kappa shape index (κ2) is 15.6. The number of amides is 2. The molecule has 0 aliphatic carbocycles. The van der Waals surface area contributed by atoms with E-state index in [2.05, 4.69) is 5.32 Å². The molecule has 1 aromatic heterocycles. The lowest BCUT2D eigenvalue weighted by Gasteiger charge is -2.41. The van der Waals surface area contributed by atoms with Crippen molar-refractivity contribution in [1.29, 1.82) is 0 Å². The fourth-order valence-corrected chi connectivity index (χ4v) is 5.31. The normalized spacial score (nSPS) is 13.5. The number of rotatable bonds is 15. The summed E-state index contributed by atoms with van der Waals surface area (Å²) in [6, 6.07) is 10.6. The molecule has 13 heteroatoms. The van der Waals surface area contributed by atoms with Crippen molar-refractivity contribution < 1.29 is 43.3 Å². The maximum Gasteiger partial charge on any atom is 0.326 e. The second-order valence-electron chi connectivity index (χ2n) is 12.1. The molecule has 0 saturated heterocycles. The van der Waals surface area contributed by atoms with Crippen LogP contribution in [0.5, 0.6) is 0 Å². The predicted octanol–water partition coefficient (Wildman–Crippen LogP) is 3.54. The number of benzene rings is 2. The Kier molecular flexibility index (Phi) is 12.2. The molecule has 0 bridgehead atoms. The van der Waals surface area contributed by atoms with Gasteiger partial charge in [0.2, 0.25) is 11.8 Å². The molecule has 3 aromatic rings. The molecule has 0 unspecified atom stereocenters. The number of hydrogen-bond acceptors (Lipinski definition) is 6. The number of carbonyl (C=O) groups excluding carboxylic acids is 2. The van der Waals surface area contributed by atoms with Gasteiger partial charge in [0.1, 0.15) is 24.3 Å². The Bertz CT molecular complexity index is 1540. The number of aliphatic hydroxyl groups is 1. The number of carboxylic acid groups (broad SMARTS) is 2. The zero-order chi connectivity index (χ0) is 34.2. The first-order valence-corrected chi connectivity index (χ1v) is 14.7. The van der Waals surface area contributed by atoms with Crippen LogP contribution in [0.2, 0.25) is 0 Å². The first kappa shape index (κ1) is 35.9. The van der Waals surface area contributed by atoms with Crippen LogP contribution in [0, 0.1) is 17.0 Å². The molecule has 3 atom stereocenters. The molecule has 0 spiro atoms. The molecule has 2 amide bonds. The van der Waals surface area contributed by atoms with Crippen molar-refractivity contribution in [1.82, 2.24) is 14.8 Å². The number of nitrogens with two attached hydrogens (primary N) is 1. The number of nitrogens with zero attached hydrogens (tertiary/aromatic N) is 2. The van der Waals surface area contributed by atoms with E-state index in [-0.39, 0.29) is 24.9 Å². The lowest BCUT2D eigenvalue weighted by Crippen LogP contribution is -2.50. The highest BCUT2D eigenvalue weighted by atomic mass is 19.1. The summed E-state index contributed by atoms with van der Waals surface area (Å²) in [7, 11) is 0. The maximum absolute atomic E-state index is 14.9. The summed E-state index contributed by atoms with van der Waals surface area (Å²) >= 11 is 0. The Hall–Kier alpha value is -4.62. The zero-order valence-corrected chi connectivity index (χ0v) is 26.0. The molecule has 248 valence electrons. The largest absolute Gasteiger partial charge is 0.481 e. The van der Waals surface area contributed by atoms with Gasteiger partial charge in [-0.05, 0) is 48.1 Å². The van der Waals surface area contributed by atoms with E-state index in [1.54, 1.807) is 12.3 Å². The number of nitrogens with one attached hydrogen (secondary N) is 1. The van der Waals surface area contributed by atoms with E-state index in [0.717, 1.165) is 23.8 Å². The van der Waals surface area contributed by atoms with Crippen LogP contribution in [0.4, 0.5) is 8.78 Å². The predicted molar refractivity (Wildman–Crippen MR) is 165 cm³/mol. The Labute approximate surface area is 265 Å². The van der Waals surface area contributed by atoms with Crippen LogP contribution < -0.4 is 11.1 Å². The Balaban J connectivity index is 2.01. The lowest BCUT2D eigenvalue weighted by molar-refractivity contribution is -0.143. The maximum atomic E-state index is 14.9. The molecule has 0 radical (unpaired) electrons. The third-order valence-electron chi connectivity index (χ3n) is 7.51. The summed E-state index contributed by atoms with van der Waals surface area (Å²) < 4.78 is 31.0. The Morgan fingerprint density at radius 2 is 1.67 bits per heavy atom. The number of aromatic nitrogens is 1. The summed E-state index contributed by atoms with van der Waals surface area (Å²) in [6.45, 7) is 4.91. The fourth-order valence-electron chi connectivity index (χ4n) is 5.31. The molecule has 3 rings (SSSR count). The topological polar surface area (TPSA) is 175 Å². The Morgan fingerprint density at radius 1 is 1.00 bits per heavy atom. The van der Waals surface area contributed by atoms with Gasteiger partial charge in [-0.15, -0.1) is 0 Å². The van der Waals surface area contributed by atoms with Gasteiger partial charge in [-0.1, -0.05) is 51.1 Å². The van der Waals surface area contributed by atoms with Crippen LogP contribution in [0.15, 0.2) is 60.8 Å². The number of aliphatic carboxylic acids is 2. The number of aliphatic hydroxyl groups excluding tert-OH is 1. The monoisotopic (exact) mass is 642 g/mol. The van der Waals surface area contributed by atoms with E-state index in [0.29, 0.717) is 17.8 Å². The summed E-state index contributed by atoms with van der Waals surface area (Å²) in [4.78, 5) is 49.9. The lowest BCUT2D eigenvalue weighted by atomic mass is 9.82. The van der Waals surface area contributed by atoms with E-state index < -0.39 is 72.0 Å². The molecule has 0 saturated carbocycles. The van der Waals surface area contributed by atoms with Gasteiger partial charge in [0.15, 0.2) is 0 Å². The first-order chi connectivity index (χ1) is 21.6. The van der Waals surface area contributed by atoms with Gasteiger partial charge in [-0.2, -0.15) is 0 Å². The van der Waals surface area contributed by atoms with Crippen molar-refractivity contribution in [3.05, 3.63) is 83.7 Å². The quantitative estimate of drug-likeness (QED) is 0.167. The number of halogens is 2. The van der Waals surface area contributed by atoms with Crippen LogP contribution >= 0.6 is 0 Å². The molecule has 6 N–H and O–H groups in total. The molecule has 46 heavy (non-hydrogen) atoms. The van der Waals surface area contributed by atoms with Gasteiger partial charge in [0.25, 0.3) is 0 Å². The van der Waals surface area contributed by atoms with Crippen LogP contribution in [0.25, 0.3) is 11.1 Å². The van der Waals surface area contributed by atoms with Gasteiger partial charge in [0, 0.05) is 42.5 Å². The number of carboxylic acids is 2. The standard InChI is InChI=1S/C33H40F2N4O7/c1-33(2,3)30(39(28(41)19-40)14-13-25(36)31(44)37-26(32(45)46)11-12-29(42)43)27-15-21(23-16-22(34)9-10-24(23)35)18-38(27)17-20-7-5-4-6-8-20/h4-10,15-16,18,25-26,30,40H,11-14,17,19,36H2,1-3H3,(H,37,44)(H,42,43)(H,45,46)/t25-,26-,30-/m0/s1. The van der Waals surface area contributed by atoms with Crippen molar-refractivity contribution in [2.75, 3.05) is 13.2 Å². The van der Waals surface area contributed by atoms with Gasteiger partial charge in [-0.25, -0.2) is 13.6 Å². The highest BCUT2D eigenvalue weighted by Gasteiger charge is 2.37. The number of hydrogen-bond donors (Lipinski definition) is 5. The number of carbonyl (C=O) groups is 4. The van der Waals surface area contributed by atoms with E-state index in [9.17, 15) is 38.2 Å². The third-order valence-corrected chi connectivity index (χ3v) is 7.51. The summed E-state index contributed by atoms with van der Waals surface area (Å²) in [5, 5.41) is 30.5. The van der Waals surface area contributed by atoms with E-state index in [1.807, 2.05) is 55.7 Å². The Morgan fingerprint density at radius 3 is 2.26 bits per heavy atom. The minimum atomic E-state index is -1.48. The summed E-state index contributed by atoms with van der Waals surface area (Å²) in [5.74, 6) is -5.44. The average molecular weight is 643 g/mol. The van der Waals surface area contributed by atoms with Crippen LogP contribution in [-0.4, -0.2) is 73.8 Å². The van der Waals surface area contributed by atoms with E-state index >= 15 is 0 Å². The average Bonchev–Trinajstić information content (AvgIpc) is 3.39. The summed E-state index contributed by atoms with van der Waals surface area (Å²) in [5.41, 5.74) is 7.23. The van der Waals surface area contributed by atoms with Crippen molar-refractivity contribution in [2.45, 2.75) is 64.7 Å². The molecule has 0 fully saturated rings. The highest BCUT2D eigenvalue weighted by Crippen LogP contribution is 2.41. The van der Waals surface area contributed by atoms with Gasteiger partial charge in [-0.3, -0.25) is 14.4 Å². The van der Waals surface area contributed by atoms with Crippen molar-refractivity contribution in [3.63, 3.8) is 0 Å². The zero-order valence-electron chi connectivity index (χ0n) is 26.0. The molecule has 2 aromatic carbocycles. The molecular formula is C33H40F2N4O7. The molecule has 11 nitrogen and oxygen atoms in total. The molecule has 0 aliphatic rings. The SMILES string of the molecule is CC(C)(C)[C@H](c1cc(-c2cc(F)ccc2F)cn1Cc1ccccc1)N(CC[C@H](N)C(=O)N[C@@H](CCC(=O)O)C(=O)O)C(=O)CO. The molecule has 0 aliphatic heterocycles. The van der Waals surface area contributed by atoms with Gasteiger partial charge >= 0.3 is 11.9 Å². The van der Waals surface area contributed by atoms with Gasteiger partial charge in [0.05, 0.1) is 12.1 Å².